The molecule has 0 bridgehead atoms. The fraction of sp³-hybridized carbons (Fsp3) is 0.0667. The molecule has 0 saturated heterocycles. The average molecular weight is 192 g/mol. The van der Waals surface area contributed by atoms with E-state index >= 15 is 0 Å². The molecule has 0 aliphatic heterocycles. The fourth-order valence-electron chi connectivity index (χ4n) is 2.27. The van der Waals surface area contributed by atoms with E-state index in [2.05, 4.69) is 61.2 Å². The standard InChI is InChI=1S/C15H12/c1-11-5-4-8-15-13(11)10-9-12-6-2-3-7-14(12)15/h2-10,13H,1H2/t13-/m0/s1. The summed E-state index contributed by atoms with van der Waals surface area (Å²) in [6.07, 6.45) is 10.8. The molecule has 72 valence electrons. The highest BCUT2D eigenvalue weighted by atomic mass is 14.2. The second-order valence-corrected chi connectivity index (χ2v) is 3.98. The van der Waals surface area contributed by atoms with Gasteiger partial charge in [-0.15, -0.1) is 0 Å². The van der Waals surface area contributed by atoms with E-state index in [0.29, 0.717) is 5.92 Å². The summed E-state index contributed by atoms with van der Waals surface area (Å²) in [4.78, 5) is 0. The SMILES string of the molecule is C=C1C=CC=C2c3ccccc3C=C[C@@H]12. The minimum Gasteiger partial charge on any atom is -0.0949 e. The molecule has 0 saturated carbocycles. The first-order valence-electron chi connectivity index (χ1n) is 5.21. The van der Waals surface area contributed by atoms with Gasteiger partial charge in [-0.25, -0.2) is 0 Å². The highest BCUT2D eigenvalue weighted by Crippen LogP contribution is 2.38. The Morgan fingerprint density at radius 3 is 2.87 bits per heavy atom. The smallest absolute Gasteiger partial charge is 0.0273 e. The Kier molecular flexibility index (Phi) is 1.75. The molecule has 0 N–H and O–H groups in total. The van der Waals surface area contributed by atoms with Crippen molar-refractivity contribution >= 4 is 11.6 Å². The van der Waals surface area contributed by atoms with Crippen LogP contribution in [0.4, 0.5) is 0 Å². The number of rotatable bonds is 0. The molecular formula is C15H12. The summed E-state index contributed by atoms with van der Waals surface area (Å²) in [5.41, 5.74) is 5.21. The van der Waals surface area contributed by atoms with Crippen LogP contribution in [-0.4, -0.2) is 0 Å². The summed E-state index contributed by atoms with van der Waals surface area (Å²) in [5.74, 6) is 0.380. The van der Waals surface area contributed by atoms with Gasteiger partial charge in [0.25, 0.3) is 0 Å². The van der Waals surface area contributed by atoms with Crippen molar-refractivity contribution < 1.29 is 0 Å². The largest absolute Gasteiger partial charge is 0.0949 e. The van der Waals surface area contributed by atoms with Crippen molar-refractivity contribution in [2.24, 2.45) is 5.92 Å². The predicted molar refractivity (Wildman–Crippen MR) is 65.2 cm³/mol. The summed E-state index contributed by atoms with van der Waals surface area (Å²) in [5, 5.41) is 0. The normalized spacial score (nSPS) is 22.0. The molecule has 15 heavy (non-hydrogen) atoms. The molecule has 0 unspecified atom stereocenters. The van der Waals surface area contributed by atoms with Crippen LogP contribution in [0.5, 0.6) is 0 Å². The summed E-state index contributed by atoms with van der Waals surface area (Å²) < 4.78 is 0. The first-order valence-corrected chi connectivity index (χ1v) is 5.21. The zero-order valence-corrected chi connectivity index (χ0v) is 8.48. The topological polar surface area (TPSA) is 0 Å². The number of benzene rings is 1. The molecule has 1 aromatic carbocycles. The number of fused-ring (bicyclic) bond motifs is 3. The van der Waals surface area contributed by atoms with Gasteiger partial charge in [-0.2, -0.15) is 0 Å². The van der Waals surface area contributed by atoms with Crippen molar-refractivity contribution in [3.63, 3.8) is 0 Å². The van der Waals surface area contributed by atoms with Crippen LogP contribution in [-0.2, 0) is 0 Å². The molecule has 2 aliphatic rings. The maximum absolute atomic E-state index is 4.09. The van der Waals surface area contributed by atoms with Gasteiger partial charge in [0.1, 0.15) is 0 Å². The van der Waals surface area contributed by atoms with Gasteiger partial charge in [-0.3, -0.25) is 0 Å². The van der Waals surface area contributed by atoms with Crippen molar-refractivity contribution in [3.8, 4) is 0 Å². The molecule has 1 aromatic rings. The van der Waals surface area contributed by atoms with Crippen LogP contribution in [0.1, 0.15) is 11.1 Å². The molecule has 0 heterocycles. The lowest BCUT2D eigenvalue weighted by atomic mass is 9.78. The maximum atomic E-state index is 4.09. The van der Waals surface area contributed by atoms with E-state index in [1.807, 2.05) is 0 Å². The van der Waals surface area contributed by atoms with E-state index < -0.39 is 0 Å². The van der Waals surface area contributed by atoms with Crippen LogP contribution in [0.15, 0.2) is 60.7 Å². The van der Waals surface area contributed by atoms with Crippen LogP contribution in [0.2, 0.25) is 0 Å². The van der Waals surface area contributed by atoms with E-state index in [4.69, 9.17) is 0 Å². The van der Waals surface area contributed by atoms with E-state index in [1.54, 1.807) is 0 Å². The maximum Gasteiger partial charge on any atom is 0.0273 e. The van der Waals surface area contributed by atoms with E-state index in [1.165, 1.54) is 22.3 Å². The highest BCUT2D eigenvalue weighted by molar-refractivity contribution is 5.84. The van der Waals surface area contributed by atoms with Gasteiger partial charge in [0.05, 0.1) is 0 Å². The lowest BCUT2D eigenvalue weighted by molar-refractivity contribution is 1.02. The van der Waals surface area contributed by atoms with Gasteiger partial charge in [0.15, 0.2) is 0 Å². The van der Waals surface area contributed by atoms with Crippen molar-refractivity contribution in [3.05, 3.63) is 71.8 Å². The molecule has 2 aliphatic carbocycles. The van der Waals surface area contributed by atoms with Gasteiger partial charge in [-0.05, 0) is 22.3 Å². The predicted octanol–water partition coefficient (Wildman–Crippen LogP) is 3.84. The number of allylic oxidation sites excluding steroid dienone is 6. The molecule has 1 atom stereocenters. The first kappa shape index (κ1) is 8.49. The van der Waals surface area contributed by atoms with E-state index in [-0.39, 0.29) is 0 Å². The second kappa shape index (κ2) is 3.09. The molecule has 0 radical (unpaired) electrons. The summed E-state index contributed by atoms with van der Waals surface area (Å²) in [6, 6.07) is 8.52. The molecule has 0 amide bonds. The van der Waals surface area contributed by atoms with Crippen LogP contribution >= 0.6 is 0 Å². The summed E-state index contributed by atoms with van der Waals surface area (Å²) >= 11 is 0. The first-order chi connectivity index (χ1) is 7.36. The quantitative estimate of drug-likeness (QED) is 0.586. The van der Waals surface area contributed by atoms with Gasteiger partial charge in [0, 0.05) is 5.92 Å². The molecule has 0 nitrogen and oxygen atoms in total. The molecule has 0 spiro atoms. The molecular weight excluding hydrogens is 180 g/mol. The Morgan fingerprint density at radius 2 is 1.93 bits per heavy atom. The highest BCUT2D eigenvalue weighted by Gasteiger charge is 2.21. The average Bonchev–Trinajstić information content (AvgIpc) is 2.29. The Bertz CT molecular complexity index is 513. The van der Waals surface area contributed by atoms with Crippen molar-refractivity contribution in [2.75, 3.05) is 0 Å². The Morgan fingerprint density at radius 1 is 1.07 bits per heavy atom. The number of hydrogen-bond acceptors (Lipinski definition) is 0. The van der Waals surface area contributed by atoms with Crippen molar-refractivity contribution in [2.45, 2.75) is 0 Å². The Labute approximate surface area is 89.9 Å². The lowest BCUT2D eigenvalue weighted by Crippen LogP contribution is -2.09. The van der Waals surface area contributed by atoms with Crippen molar-refractivity contribution in [1.29, 1.82) is 0 Å². The molecule has 0 heteroatoms. The summed E-state index contributed by atoms with van der Waals surface area (Å²) in [6.45, 7) is 4.09. The van der Waals surface area contributed by atoms with E-state index in [9.17, 15) is 0 Å². The zero-order valence-electron chi connectivity index (χ0n) is 8.48. The molecule has 0 aromatic heterocycles. The van der Waals surface area contributed by atoms with E-state index in [0.717, 1.165) is 0 Å². The van der Waals surface area contributed by atoms with Gasteiger partial charge >= 0.3 is 0 Å². The van der Waals surface area contributed by atoms with Crippen LogP contribution in [0, 0.1) is 5.92 Å². The lowest BCUT2D eigenvalue weighted by Gasteiger charge is -2.25. The second-order valence-electron chi connectivity index (χ2n) is 3.98. The minimum absolute atomic E-state index is 0.380. The van der Waals surface area contributed by atoms with Gasteiger partial charge in [0.2, 0.25) is 0 Å². The Balaban J connectivity index is 2.23. The van der Waals surface area contributed by atoms with Gasteiger partial charge < -0.3 is 0 Å². The third kappa shape index (κ3) is 1.22. The number of hydrogen-bond donors (Lipinski definition) is 0. The van der Waals surface area contributed by atoms with Crippen LogP contribution < -0.4 is 0 Å². The fourth-order valence-corrected chi connectivity index (χ4v) is 2.27. The third-order valence-electron chi connectivity index (χ3n) is 3.06. The molecule has 0 fully saturated rings. The van der Waals surface area contributed by atoms with Crippen molar-refractivity contribution in [1.82, 2.24) is 0 Å². The van der Waals surface area contributed by atoms with Crippen LogP contribution in [0.25, 0.3) is 11.6 Å². The molecule has 3 rings (SSSR count). The minimum atomic E-state index is 0.380. The summed E-state index contributed by atoms with van der Waals surface area (Å²) in [7, 11) is 0. The zero-order chi connectivity index (χ0) is 10.3. The monoisotopic (exact) mass is 192 g/mol. The van der Waals surface area contributed by atoms with Crippen LogP contribution in [0.3, 0.4) is 0 Å². The van der Waals surface area contributed by atoms with Gasteiger partial charge in [-0.1, -0.05) is 61.2 Å². The Hall–Kier alpha value is -1.82. The third-order valence-corrected chi connectivity index (χ3v) is 3.06.